The SMILES string of the molecule is Cl.NCC(=O)NCC(=O)NCC(=O)Nc1cccc(F)c1. The molecule has 0 aliphatic rings. The molecule has 9 heteroatoms. The second kappa shape index (κ2) is 9.67. The molecule has 0 aliphatic heterocycles. The number of rotatable bonds is 6. The molecule has 0 saturated heterocycles. The first-order valence-corrected chi connectivity index (χ1v) is 5.80. The summed E-state index contributed by atoms with van der Waals surface area (Å²) in [5, 5.41) is 6.97. The average Bonchev–Trinajstić information content (AvgIpc) is 2.42. The fourth-order valence-electron chi connectivity index (χ4n) is 1.26. The lowest BCUT2D eigenvalue weighted by atomic mass is 10.3. The van der Waals surface area contributed by atoms with Gasteiger partial charge in [0.05, 0.1) is 19.6 Å². The molecule has 0 radical (unpaired) electrons. The Balaban J connectivity index is 0.00000400. The van der Waals surface area contributed by atoms with Gasteiger partial charge in [0.25, 0.3) is 0 Å². The van der Waals surface area contributed by atoms with Crippen LogP contribution in [0.2, 0.25) is 0 Å². The zero-order chi connectivity index (χ0) is 15.0. The molecule has 1 aromatic carbocycles. The molecule has 0 atom stereocenters. The van der Waals surface area contributed by atoms with E-state index >= 15 is 0 Å². The molecule has 0 aromatic heterocycles. The summed E-state index contributed by atoms with van der Waals surface area (Å²) in [7, 11) is 0. The van der Waals surface area contributed by atoms with Crippen molar-refractivity contribution in [1.29, 1.82) is 0 Å². The number of anilines is 1. The molecule has 0 bridgehead atoms. The van der Waals surface area contributed by atoms with E-state index in [1.807, 2.05) is 0 Å². The van der Waals surface area contributed by atoms with Gasteiger partial charge in [-0.25, -0.2) is 4.39 Å². The maximum Gasteiger partial charge on any atom is 0.243 e. The Morgan fingerprint density at radius 2 is 1.67 bits per heavy atom. The van der Waals surface area contributed by atoms with Gasteiger partial charge in [0.15, 0.2) is 0 Å². The highest BCUT2D eigenvalue weighted by Gasteiger charge is 2.07. The van der Waals surface area contributed by atoms with Gasteiger partial charge in [-0.05, 0) is 18.2 Å². The summed E-state index contributed by atoms with van der Waals surface area (Å²) in [6, 6.07) is 5.37. The van der Waals surface area contributed by atoms with E-state index in [-0.39, 0.29) is 32.0 Å². The number of hydrogen-bond donors (Lipinski definition) is 4. The first-order valence-electron chi connectivity index (χ1n) is 5.80. The third-order valence-corrected chi connectivity index (χ3v) is 2.19. The fourth-order valence-corrected chi connectivity index (χ4v) is 1.26. The Hall–Kier alpha value is -2.19. The molecule has 7 nitrogen and oxygen atoms in total. The van der Waals surface area contributed by atoms with Gasteiger partial charge in [-0.3, -0.25) is 14.4 Å². The monoisotopic (exact) mass is 318 g/mol. The summed E-state index contributed by atoms with van der Waals surface area (Å²) in [4.78, 5) is 33.5. The molecule has 0 unspecified atom stereocenters. The van der Waals surface area contributed by atoms with E-state index in [4.69, 9.17) is 5.73 Å². The zero-order valence-corrected chi connectivity index (χ0v) is 11.8. The highest BCUT2D eigenvalue weighted by molar-refractivity contribution is 5.95. The van der Waals surface area contributed by atoms with Gasteiger partial charge in [0, 0.05) is 5.69 Å². The number of benzene rings is 1. The van der Waals surface area contributed by atoms with Gasteiger partial charge < -0.3 is 21.7 Å². The summed E-state index contributed by atoms with van der Waals surface area (Å²) < 4.78 is 12.9. The summed E-state index contributed by atoms with van der Waals surface area (Å²) in [6.07, 6.45) is 0. The number of amides is 3. The van der Waals surface area contributed by atoms with Crippen molar-refractivity contribution < 1.29 is 18.8 Å². The second-order valence-electron chi connectivity index (χ2n) is 3.82. The second-order valence-corrected chi connectivity index (χ2v) is 3.82. The largest absolute Gasteiger partial charge is 0.346 e. The lowest BCUT2D eigenvalue weighted by Gasteiger charge is -2.07. The maximum absolute atomic E-state index is 12.9. The highest BCUT2D eigenvalue weighted by Crippen LogP contribution is 2.08. The zero-order valence-electron chi connectivity index (χ0n) is 11.0. The van der Waals surface area contributed by atoms with Gasteiger partial charge in [0.1, 0.15) is 5.82 Å². The van der Waals surface area contributed by atoms with Crippen molar-refractivity contribution in [2.24, 2.45) is 5.73 Å². The normalized spacial score (nSPS) is 9.24. The molecule has 3 amide bonds. The molecule has 1 aromatic rings. The van der Waals surface area contributed by atoms with Crippen molar-refractivity contribution in [2.75, 3.05) is 25.0 Å². The number of halogens is 2. The minimum Gasteiger partial charge on any atom is -0.346 e. The number of carbonyl (C=O) groups is 3. The number of carbonyl (C=O) groups excluding carboxylic acids is 3. The van der Waals surface area contributed by atoms with Crippen LogP contribution in [0.15, 0.2) is 24.3 Å². The quantitative estimate of drug-likeness (QED) is 0.559. The van der Waals surface area contributed by atoms with Crippen molar-refractivity contribution in [1.82, 2.24) is 10.6 Å². The van der Waals surface area contributed by atoms with Crippen molar-refractivity contribution in [2.45, 2.75) is 0 Å². The first kappa shape index (κ1) is 18.8. The van der Waals surface area contributed by atoms with Crippen molar-refractivity contribution in [3.63, 3.8) is 0 Å². The molecule has 0 spiro atoms. The summed E-state index contributed by atoms with van der Waals surface area (Å²) >= 11 is 0. The Morgan fingerprint density at radius 3 is 2.29 bits per heavy atom. The topological polar surface area (TPSA) is 113 Å². The van der Waals surface area contributed by atoms with E-state index in [0.29, 0.717) is 5.69 Å². The third kappa shape index (κ3) is 7.85. The Labute approximate surface area is 126 Å². The van der Waals surface area contributed by atoms with Crippen LogP contribution in [0.25, 0.3) is 0 Å². The maximum atomic E-state index is 12.9. The van der Waals surface area contributed by atoms with E-state index in [1.165, 1.54) is 18.2 Å². The van der Waals surface area contributed by atoms with Crippen molar-refractivity contribution in [3.8, 4) is 0 Å². The smallest absolute Gasteiger partial charge is 0.243 e. The highest BCUT2D eigenvalue weighted by atomic mass is 35.5. The van der Waals surface area contributed by atoms with E-state index in [2.05, 4.69) is 16.0 Å². The van der Waals surface area contributed by atoms with Crippen LogP contribution in [0.3, 0.4) is 0 Å². The number of nitrogens with one attached hydrogen (secondary N) is 3. The van der Waals surface area contributed by atoms with Gasteiger partial charge >= 0.3 is 0 Å². The van der Waals surface area contributed by atoms with E-state index in [9.17, 15) is 18.8 Å². The molecular formula is C12H16ClFN4O3. The predicted molar refractivity (Wildman–Crippen MR) is 77.4 cm³/mol. The summed E-state index contributed by atoms with van der Waals surface area (Å²) in [6.45, 7) is -0.759. The van der Waals surface area contributed by atoms with Crippen LogP contribution in [0, 0.1) is 5.82 Å². The summed E-state index contributed by atoms with van der Waals surface area (Å²) in [5.41, 5.74) is 5.33. The van der Waals surface area contributed by atoms with E-state index in [1.54, 1.807) is 0 Å². The van der Waals surface area contributed by atoms with Crippen LogP contribution in [0.5, 0.6) is 0 Å². The Bertz CT molecular complexity index is 513. The van der Waals surface area contributed by atoms with Gasteiger partial charge in [0.2, 0.25) is 17.7 Å². The van der Waals surface area contributed by atoms with Gasteiger partial charge in [-0.15, -0.1) is 12.4 Å². The molecule has 1 rings (SSSR count). The molecule has 21 heavy (non-hydrogen) atoms. The molecule has 0 aliphatic carbocycles. The third-order valence-electron chi connectivity index (χ3n) is 2.19. The first-order chi connectivity index (χ1) is 9.51. The molecular weight excluding hydrogens is 303 g/mol. The minimum atomic E-state index is -0.527. The standard InChI is InChI=1S/C12H15FN4O3.ClH/c13-8-2-1-3-9(4-8)17-12(20)7-16-11(19)6-15-10(18)5-14;/h1-4H,5-7,14H2,(H,15,18)(H,16,19)(H,17,20);1H. The number of hydrogen-bond acceptors (Lipinski definition) is 4. The van der Waals surface area contributed by atoms with Gasteiger partial charge in [-0.2, -0.15) is 0 Å². The average molecular weight is 319 g/mol. The van der Waals surface area contributed by atoms with Crippen LogP contribution in [0.1, 0.15) is 0 Å². The molecule has 5 N–H and O–H groups in total. The van der Waals surface area contributed by atoms with Gasteiger partial charge in [-0.1, -0.05) is 6.07 Å². The van der Waals surface area contributed by atoms with Crippen molar-refractivity contribution in [3.05, 3.63) is 30.1 Å². The van der Waals surface area contributed by atoms with Crippen LogP contribution >= 0.6 is 12.4 Å². The van der Waals surface area contributed by atoms with Crippen LogP contribution in [-0.4, -0.2) is 37.4 Å². The molecule has 116 valence electrons. The number of nitrogens with two attached hydrogens (primary N) is 1. The lowest BCUT2D eigenvalue weighted by molar-refractivity contribution is -0.126. The fraction of sp³-hybridized carbons (Fsp3) is 0.250. The lowest BCUT2D eigenvalue weighted by Crippen LogP contribution is -2.41. The summed E-state index contributed by atoms with van der Waals surface area (Å²) in [5.74, 6) is -1.98. The van der Waals surface area contributed by atoms with Crippen LogP contribution in [-0.2, 0) is 14.4 Å². The Morgan fingerprint density at radius 1 is 1.05 bits per heavy atom. The van der Waals surface area contributed by atoms with Crippen LogP contribution < -0.4 is 21.7 Å². The minimum absolute atomic E-state index is 0. The van der Waals surface area contributed by atoms with E-state index in [0.717, 1.165) is 6.07 Å². The van der Waals surface area contributed by atoms with E-state index < -0.39 is 23.5 Å². The van der Waals surface area contributed by atoms with Crippen molar-refractivity contribution >= 4 is 35.8 Å². The molecule has 0 fully saturated rings. The predicted octanol–water partition coefficient (Wildman–Crippen LogP) is -0.623. The molecule has 0 saturated carbocycles. The van der Waals surface area contributed by atoms with Crippen LogP contribution in [0.4, 0.5) is 10.1 Å². The molecule has 0 heterocycles. The Kier molecular flexibility index (Phi) is 8.66.